The van der Waals surface area contributed by atoms with Gasteiger partial charge in [0.2, 0.25) is 11.6 Å². The van der Waals surface area contributed by atoms with Gasteiger partial charge in [0, 0.05) is 52.2 Å². The van der Waals surface area contributed by atoms with Crippen molar-refractivity contribution in [1.29, 1.82) is 0 Å². The van der Waals surface area contributed by atoms with E-state index in [1.54, 1.807) is 35.6 Å². The number of aryl methyl sites for hydroxylation is 4. The third kappa shape index (κ3) is 8.61. The smallest absolute Gasteiger partial charge is 0.291 e. The van der Waals surface area contributed by atoms with Gasteiger partial charge < -0.3 is 10.6 Å². The Morgan fingerprint density at radius 1 is 0.683 bits per heavy atom. The molecule has 22 heteroatoms. The summed E-state index contributed by atoms with van der Waals surface area (Å²) >= 11 is 0. The van der Waals surface area contributed by atoms with Gasteiger partial charge in [0.15, 0.2) is 23.3 Å². The summed E-state index contributed by atoms with van der Waals surface area (Å²) < 4.78 is 57.8. The molecule has 2 aromatic carbocycles. The van der Waals surface area contributed by atoms with E-state index in [2.05, 4.69) is 51.2 Å². The Hall–Kier alpha value is -7.26. The standard InChI is InChI=1S/2C19H19F2N7O2/c2*1-10-8-15-27(2)19(30)13(6-7-28(15)26-10)22-18(29)17-23-14(24-25-17)9-11-4-3-5-12(20)16(11)21/h2*3-5,8,13H,6-7,9H2,1-2H3,(H,22,29)(H,23,24,25)/t2*13-/m10/s1. The lowest BCUT2D eigenvalue weighted by molar-refractivity contribution is -0.120. The molecule has 0 unspecified atom stereocenters. The van der Waals surface area contributed by atoms with Gasteiger partial charge in [-0.3, -0.25) is 39.2 Å². The number of rotatable bonds is 8. The van der Waals surface area contributed by atoms with Gasteiger partial charge in [0.25, 0.3) is 23.6 Å². The number of nitrogens with one attached hydrogen (secondary N) is 4. The van der Waals surface area contributed by atoms with Crippen LogP contribution in [0.2, 0.25) is 0 Å². The first-order chi connectivity index (χ1) is 28.7. The minimum atomic E-state index is -0.972. The van der Waals surface area contributed by atoms with Crippen molar-refractivity contribution in [2.45, 2.75) is 64.7 Å². The lowest BCUT2D eigenvalue weighted by atomic mass is 10.1. The van der Waals surface area contributed by atoms with Crippen molar-refractivity contribution < 1.29 is 36.7 Å². The van der Waals surface area contributed by atoms with Gasteiger partial charge >= 0.3 is 0 Å². The summed E-state index contributed by atoms with van der Waals surface area (Å²) in [5, 5.41) is 26.7. The second-order valence-corrected chi connectivity index (χ2v) is 14.1. The molecule has 0 spiro atoms. The van der Waals surface area contributed by atoms with Crippen LogP contribution in [-0.2, 0) is 35.5 Å². The van der Waals surface area contributed by atoms with Crippen molar-refractivity contribution in [2.75, 3.05) is 23.9 Å². The predicted molar refractivity (Wildman–Crippen MR) is 204 cm³/mol. The van der Waals surface area contributed by atoms with E-state index in [0.717, 1.165) is 23.5 Å². The SMILES string of the molecule is Cc1cc2n(n1)CC[C@@H](NC(=O)c1n[nH]c(Cc3cccc(F)c3F)n1)C(=O)N2C.Cc1cc2n(n1)CC[C@H](NC(=O)c1n[nH]c(Cc3cccc(F)c3F)n1)C(=O)N2C. The lowest BCUT2D eigenvalue weighted by Crippen LogP contribution is -2.47. The van der Waals surface area contributed by atoms with Crippen LogP contribution in [0.3, 0.4) is 0 Å². The average Bonchev–Trinajstić information content (AvgIpc) is 4.03. The molecule has 2 aliphatic rings. The minimum Gasteiger partial charge on any atom is -0.337 e. The third-order valence-corrected chi connectivity index (χ3v) is 9.82. The highest BCUT2D eigenvalue weighted by atomic mass is 19.2. The maximum Gasteiger partial charge on any atom is 0.291 e. The summed E-state index contributed by atoms with van der Waals surface area (Å²) in [6, 6.07) is 9.72. The number of fused-ring (bicyclic) bond motifs is 2. The molecule has 4 amide bonds. The Morgan fingerprint density at radius 2 is 1.08 bits per heavy atom. The van der Waals surface area contributed by atoms with Crippen molar-refractivity contribution >= 4 is 35.3 Å². The first-order valence-electron chi connectivity index (χ1n) is 18.6. The first-order valence-corrected chi connectivity index (χ1v) is 18.6. The number of benzene rings is 2. The van der Waals surface area contributed by atoms with Crippen LogP contribution < -0.4 is 20.4 Å². The molecular formula is C38H38F4N14O4. The first kappa shape index (κ1) is 40.9. The van der Waals surface area contributed by atoms with Gasteiger partial charge in [0.1, 0.15) is 35.4 Å². The second-order valence-electron chi connectivity index (χ2n) is 14.1. The molecule has 6 heterocycles. The zero-order valence-electron chi connectivity index (χ0n) is 32.6. The molecule has 4 aromatic heterocycles. The van der Waals surface area contributed by atoms with Crippen LogP contribution in [0, 0.1) is 37.1 Å². The molecule has 8 rings (SSSR count). The highest BCUT2D eigenvalue weighted by Crippen LogP contribution is 2.23. The molecule has 2 atom stereocenters. The summed E-state index contributed by atoms with van der Waals surface area (Å²) in [6.45, 7) is 4.61. The molecule has 6 aromatic rings. The summed E-state index contributed by atoms with van der Waals surface area (Å²) in [6.07, 6.45) is 0.592. The number of nitrogens with zero attached hydrogens (tertiary/aromatic N) is 10. The van der Waals surface area contributed by atoms with Crippen molar-refractivity contribution in [3.63, 3.8) is 0 Å². The number of likely N-dealkylation sites (N-methyl/N-ethyl adjacent to an activating group) is 2. The van der Waals surface area contributed by atoms with E-state index in [9.17, 15) is 36.7 Å². The molecule has 0 fully saturated rings. The summed E-state index contributed by atoms with van der Waals surface area (Å²) in [5.74, 6) is -4.36. The van der Waals surface area contributed by atoms with Crippen molar-refractivity contribution in [3.8, 4) is 0 Å². The lowest BCUT2D eigenvalue weighted by Gasteiger charge is -2.19. The largest absolute Gasteiger partial charge is 0.337 e. The molecule has 0 bridgehead atoms. The minimum absolute atomic E-state index is 0.0601. The fourth-order valence-electron chi connectivity index (χ4n) is 6.77. The van der Waals surface area contributed by atoms with E-state index < -0.39 is 47.2 Å². The van der Waals surface area contributed by atoms with Gasteiger partial charge in [-0.05, 0) is 49.9 Å². The van der Waals surface area contributed by atoms with Crippen LogP contribution in [0.15, 0.2) is 48.5 Å². The van der Waals surface area contributed by atoms with E-state index in [0.29, 0.717) is 37.6 Å². The Morgan fingerprint density at radius 3 is 1.48 bits per heavy atom. The number of anilines is 2. The van der Waals surface area contributed by atoms with Crippen LogP contribution in [0.5, 0.6) is 0 Å². The highest BCUT2D eigenvalue weighted by Gasteiger charge is 2.33. The number of hydrogen-bond donors (Lipinski definition) is 4. The Bertz CT molecular complexity index is 2420. The van der Waals surface area contributed by atoms with E-state index in [-0.39, 0.29) is 59.1 Å². The van der Waals surface area contributed by atoms with Crippen molar-refractivity contribution in [2.24, 2.45) is 0 Å². The number of aromatic amines is 2. The molecule has 18 nitrogen and oxygen atoms in total. The van der Waals surface area contributed by atoms with Gasteiger partial charge in [-0.2, -0.15) is 10.2 Å². The normalized spacial score (nSPS) is 16.3. The Kier molecular flexibility index (Phi) is 11.5. The van der Waals surface area contributed by atoms with Crippen LogP contribution in [-0.4, -0.2) is 99.7 Å². The van der Waals surface area contributed by atoms with E-state index in [1.165, 1.54) is 34.1 Å². The summed E-state index contributed by atoms with van der Waals surface area (Å²) in [4.78, 5) is 61.6. The third-order valence-electron chi connectivity index (χ3n) is 9.82. The van der Waals surface area contributed by atoms with E-state index in [1.807, 2.05) is 13.8 Å². The quantitative estimate of drug-likeness (QED) is 0.165. The van der Waals surface area contributed by atoms with E-state index in [4.69, 9.17) is 0 Å². The molecule has 0 aliphatic carbocycles. The van der Waals surface area contributed by atoms with Crippen molar-refractivity contribution in [1.82, 2.24) is 60.6 Å². The van der Waals surface area contributed by atoms with Crippen LogP contribution >= 0.6 is 0 Å². The van der Waals surface area contributed by atoms with Crippen LogP contribution in [0.4, 0.5) is 29.2 Å². The number of carbonyl (C=O) groups is 4. The fourth-order valence-corrected chi connectivity index (χ4v) is 6.77. The number of H-pyrrole nitrogens is 2. The van der Waals surface area contributed by atoms with Crippen molar-refractivity contribution in [3.05, 3.63) is 118 Å². The molecule has 4 N–H and O–H groups in total. The molecule has 2 aliphatic heterocycles. The molecule has 312 valence electrons. The maximum atomic E-state index is 13.8. The van der Waals surface area contributed by atoms with Crippen LogP contribution in [0.1, 0.15) is 68.2 Å². The summed E-state index contributed by atoms with van der Waals surface area (Å²) in [7, 11) is 3.25. The van der Waals surface area contributed by atoms with Gasteiger partial charge in [0.05, 0.1) is 11.4 Å². The van der Waals surface area contributed by atoms with Gasteiger partial charge in [-0.15, -0.1) is 10.2 Å². The average molecular weight is 831 g/mol. The zero-order valence-corrected chi connectivity index (χ0v) is 32.6. The molecular weight excluding hydrogens is 793 g/mol. The Balaban J connectivity index is 0.000000181. The van der Waals surface area contributed by atoms with Crippen LogP contribution in [0.25, 0.3) is 0 Å². The number of amides is 4. The number of halogens is 4. The highest BCUT2D eigenvalue weighted by molar-refractivity contribution is 6.01. The fraction of sp³-hybridized carbons (Fsp3) is 0.316. The molecule has 0 saturated carbocycles. The predicted octanol–water partition coefficient (Wildman–Crippen LogP) is 2.69. The monoisotopic (exact) mass is 830 g/mol. The maximum absolute atomic E-state index is 13.8. The molecule has 0 radical (unpaired) electrons. The molecule has 0 saturated heterocycles. The summed E-state index contributed by atoms with van der Waals surface area (Å²) in [5.41, 5.74) is 1.78. The molecule has 60 heavy (non-hydrogen) atoms. The Labute approximate surface area is 338 Å². The van der Waals surface area contributed by atoms with Gasteiger partial charge in [-0.25, -0.2) is 36.9 Å². The second kappa shape index (κ2) is 16.9. The number of carbonyl (C=O) groups excluding carboxylic acids is 4. The van der Waals surface area contributed by atoms with E-state index >= 15 is 0 Å². The number of aromatic nitrogens is 10. The number of hydrogen-bond acceptors (Lipinski definition) is 10. The van der Waals surface area contributed by atoms with Gasteiger partial charge in [-0.1, -0.05) is 24.3 Å². The topological polar surface area (TPSA) is 218 Å². The zero-order chi connectivity index (χ0) is 42.8.